The van der Waals surface area contributed by atoms with Crippen molar-refractivity contribution in [2.24, 2.45) is 0 Å². The second kappa shape index (κ2) is 7.54. The predicted octanol–water partition coefficient (Wildman–Crippen LogP) is 4.06. The van der Waals surface area contributed by atoms with Crippen LogP contribution in [-0.2, 0) is 6.54 Å². The molecule has 2 N–H and O–H groups in total. The van der Waals surface area contributed by atoms with E-state index in [1.54, 1.807) is 10.9 Å². The van der Waals surface area contributed by atoms with Gasteiger partial charge in [0.15, 0.2) is 17.5 Å². The first-order valence-electron chi connectivity index (χ1n) is 10.3. The van der Waals surface area contributed by atoms with Gasteiger partial charge in [-0.3, -0.25) is 4.98 Å². The summed E-state index contributed by atoms with van der Waals surface area (Å²) in [6.45, 7) is 4.43. The zero-order valence-corrected chi connectivity index (χ0v) is 17.4. The van der Waals surface area contributed by atoms with Crippen molar-refractivity contribution in [1.29, 1.82) is 0 Å². The molecule has 156 valence electrons. The van der Waals surface area contributed by atoms with Crippen molar-refractivity contribution in [2.45, 2.75) is 39.2 Å². The first kappa shape index (κ1) is 19.3. The predicted molar refractivity (Wildman–Crippen MR) is 116 cm³/mol. The Bertz CT molecular complexity index is 1280. The average molecular weight is 415 g/mol. The molecule has 8 heteroatoms. The summed E-state index contributed by atoms with van der Waals surface area (Å²) in [6.07, 6.45) is 4.05. The molecule has 1 aromatic carbocycles. The Morgan fingerprint density at radius 2 is 1.87 bits per heavy atom. The molecule has 5 rings (SSSR count). The van der Waals surface area contributed by atoms with Gasteiger partial charge in [0.25, 0.3) is 0 Å². The second-order valence-electron chi connectivity index (χ2n) is 7.97. The van der Waals surface area contributed by atoms with Crippen LogP contribution in [0, 0.1) is 19.7 Å². The van der Waals surface area contributed by atoms with E-state index in [4.69, 9.17) is 10.7 Å². The average Bonchev–Trinajstić information content (AvgIpc) is 3.52. The summed E-state index contributed by atoms with van der Waals surface area (Å²) in [6, 6.07) is 11.8. The van der Waals surface area contributed by atoms with E-state index in [0.29, 0.717) is 24.0 Å². The molecule has 3 aromatic heterocycles. The lowest BCUT2D eigenvalue weighted by molar-refractivity contribution is 0.623. The van der Waals surface area contributed by atoms with Crippen LogP contribution in [0.2, 0.25) is 0 Å². The molecule has 0 amide bonds. The van der Waals surface area contributed by atoms with Gasteiger partial charge in [-0.2, -0.15) is 0 Å². The lowest BCUT2D eigenvalue weighted by Gasteiger charge is -2.10. The monoisotopic (exact) mass is 415 g/mol. The third-order valence-corrected chi connectivity index (χ3v) is 5.65. The zero-order chi connectivity index (χ0) is 21.5. The number of halogens is 1. The standard InChI is InChI=1S/C23H22FN7/c1-13-5-3-7-17(14(13)2)23-27-21(20(24)22(25)28-23)19-12-31(30-29-19)11-16-6-4-8-18(26-16)15-9-10-15/h3-8,12,15H,9-11H2,1-2H3,(H2,25,27,28). The minimum absolute atomic E-state index is 0.0364. The molecule has 1 fully saturated rings. The van der Waals surface area contributed by atoms with Crippen molar-refractivity contribution >= 4 is 5.82 Å². The van der Waals surface area contributed by atoms with Crippen LogP contribution in [-0.4, -0.2) is 29.9 Å². The normalized spacial score (nSPS) is 13.5. The van der Waals surface area contributed by atoms with Crippen LogP contribution in [0.1, 0.15) is 41.3 Å². The largest absolute Gasteiger partial charge is 0.381 e. The highest BCUT2D eigenvalue weighted by Crippen LogP contribution is 2.38. The molecule has 1 saturated carbocycles. The number of pyridine rings is 1. The van der Waals surface area contributed by atoms with Crippen molar-refractivity contribution in [2.75, 3.05) is 5.73 Å². The minimum atomic E-state index is -0.699. The summed E-state index contributed by atoms with van der Waals surface area (Å²) < 4.78 is 16.4. The molecule has 1 aliphatic rings. The molecule has 4 aromatic rings. The molecule has 0 unspecified atom stereocenters. The van der Waals surface area contributed by atoms with Crippen LogP contribution in [0.25, 0.3) is 22.8 Å². The number of hydrogen-bond donors (Lipinski definition) is 1. The van der Waals surface area contributed by atoms with Crippen molar-refractivity contribution in [3.05, 3.63) is 70.9 Å². The number of nitrogens with two attached hydrogens (primary N) is 1. The molecular formula is C23H22FN7. The maximum atomic E-state index is 14.8. The molecular weight excluding hydrogens is 393 g/mol. The zero-order valence-electron chi connectivity index (χ0n) is 17.4. The van der Waals surface area contributed by atoms with Gasteiger partial charge in [-0.1, -0.05) is 29.5 Å². The van der Waals surface area contributed by atoms with E-state index in [9.17, 15) is 4.39 Å². The topological polar surface area (TPSA) is 95.4 Å². The molecule has 1 aliphatic carbocycles. The Hall–Kier alpha value is -3.68. The quantitative estimate of drug-likeness (QED) is 0.528. The minimum Gasteiger partial charge on any atom is -0.381 e. The Morgan fingerprint density at radius 3 is 2.68 bits per heavy atom. The highest BCUT2D eigenvalue weighted by Gasteiger charge is 2.25. The van der Waals surface area contributed by atoms with Gasteiger partial charge in [-0.05, 0) is 49.9 Å². The maximum absolute atomic E-state index is 14.8. The Kier molecular flexibility index (Phi) is 4.69. The lowest BCUT2D eigenvalue weighted by atomic mass is 10.0. The Balaban J connectivity index is 1.48. The van der Waals surface area contributed by atoms with Gasteiger partial charge in [0.2, 0.25) is 0 Å². The summed E-state index contributed by atoms with van der Waals surface area (Å²) in [5, 5.41) is 8.27. The van der Waals surface area contributed by atoms with Crippen molar-refractivity contribution < 1.29 is 4.39 Å². The molecule has 31 heavy (non-hydrogen) atoms. The molecule has 0 atom stereocenters. The summed E-state index contributed by atoms with van der Waals surface area (Å²) in [5.41, 5.74) is 11.1. The second-order valence-corrected chi connectivity index (χ2v) is 7.97. The van der Waals surface area contributed by atoms with Crippen LogP contribution in [0.5, 0.6) is 0 Å². The van der Waals surface area contributed by atoms with Gasteiger partial charge in [0.05, 0.1) is 18.4 Å². The summed E-state index contributed by atoms with van der Waals surface area (Å²) in [5.74, 6) is 0.0283. The third-order valence-electron chi connectivity index (χ3n) is 5.65. The fourth-order valence-corrected chi connectivity index (χ4v) is 3.59. The SMILES string of the molecule is Cc1cccc(-c2nc(N)c(F)c(-c3cn(Cc4cccc(C5CC5)n4)nn3)n2)c1C. The molecule has 0 bridgehead atoms. The van der Waals surface area contributed by atoms with Gasteiger partial charge in [-0.25, -0.2) is 19.0 Å². The highest BCUT2D eigenvalue weighted by molar-refractivity contribution is 5.67. The number of benzene rings is 1. The van der Waals surface area contributed by atoms with Gasteiger partial charge in [-0.15, -0.1) is 5.10 Å². The third kappa shape index (κ3) is 3.76. The van der Waals surface area contributed by atoms with E-state index in [-0.39, 0.29) is 11.5 Å². The first-order chi connectivity index (χ1) is 15.0. The van der Waals surface area contributed by atoms with E-state index in [1.807, 2.05) is 44.2 Å². The lowest BCUT2D eigenvalue weighted by Crippen LogP contribution is -2.04. The Labute approximate surface area is 179 Å². The fourth-order valence-electron chi connectivity index (χ4n) is 3.59. The van der Waals surface area contributed by atoms with Crippen LogP contribution in [0.3, 0.4) is 0 Å². The molecule has 3 heterocycles. The van der Waals surface area contributed by atoms with Crippen LogP contribution < -0.4 is 5.73 Å². The number of aromatic nitrogens is 6. The smallest absolute Gasteiger partial charge is 0.193 e. The molecule has 0 spiro atoms. The summed E-state index contributed by atoms with van der Waals surface area (Å²) in [4.78, 5) is 13.3. The number of nitrogen functional groups attached to an aromatic ring is 1. The number of aryl methyl sites for hydroxylation is 1. The van der Waals surface area contributed by atoms with E-state index in [2.05, 4.69) is 26.3 Å². The highest BCUT2D eigenvalue weighted by atomic mass is 19.1. The maximum Gasteiger partial charge on any atom is 0.193 e. The van der Waals surface area contributed by atoms with Gasteiger partial charge in [0, 0.05) is 17.2 Å². The molecule has 0 aliphatic heterocycles. The van der Waals surface area contributed by atoms with Gasteiger partial charge in [0.1, 0.15) is 11.4 Å². The molecule has 0 saturated heterocycles. The van der Waals surface area contributed by atoms with Crippen LogP contribution in [0.4, 0.5) is 10.2 Å². The summed E-state index contributed by atoms with van der Waals surface area (Å²) in [7, 11) is 0. The fraction of sp³-hybridized carbons (Fsp3) is 0.261. The van der Waals surface area contributed by atoms with Gasteiger partial charge < -0.3 is 5.73 Å². The van der Waals surface area contributed by atoms with Crippen molar-refractivity contribution in [3.8, 4) is 22.8 Å². The van der Waals surface area contributed by atoms with Crippen molar-refractivity contribution in [3.63, 3.8) is 0 Å². The van der Waals surface area contributed by atoms with Crippen LogP contribution in [0.15, 0.2) is 42.6 Å². The van der Waals surface area contributed by atoms with Crippen molar-refractivity contribution in [1.82, 2.24) is 29.9 Å². The first-order valence-corrected chi connectivity index (χ1v) is 10.3. The molecule has 0 radical (unpaired) electrons. The Morgan fingerprint density at radius 1 is 1.06 bits per heavy atom. The number of anilines is 1. The van der Waals surface area contributed by atoms with E-state index < -0.39 is 5.82 Å². The van der Waals surface area contributed by atoms with E-state index in [1.165, 1.54) is 12.8 Å². The number of rotatable bonds is 5. The van der Waals surface area contributed by atoms with Crippen LogP contribution >= 0.6 is 0 Å². The molecule has 7 nitrogen and oxygen atoms in total. The summed E-state index contributed by atoms with van der Waals surface area (Å²) >= 11 is 0. The number of nitrogens with zero attached hydrogens (tertiary/aromatic N) is 6. The number of hydrogen-bond acceptors (Lipinski definition) is 6. The van der Waals surface area contributed by atoms with E-state index >= 15 is 0 Å². The van der Waals surface area contributed by atoms with E-state index in [0.717, 1.165) is 28.1 Å². The van der Waals surface area contributed by atoms with Gasteiger partial charge >= 0.3 is 0 Å².